The second-order valence-corrected chi connectivity index (χ2v) is 7.12. The predicted octanol–water partition coefficient (Wildman–Crippen LogP) is 4.07. The molecule has 22 heavy (non-hydrogen) atoms. The second kappa shape index (κ2) is 10.9. The van der Waals surface area contributed by atoms with Crippen LogP contribution in [0.3, 0.4) is 0 Å². The minimum absolute atomic E-state index is 0. The van der Waals surface area contributed by atoms with Crippen molar-refractivity contribution in [1.82, 2.24) is 9.80 Å². The van der Waals surface area contributed by atoms with Crippen LogP contribution in [0.5, 0.6) is 5.75 Å². The topological polar surface area (TPSA) is 26.7 Å². The van der Waals surface area contributed by atoms with Crippen molar-refractivity contribution in [2.45, 2.75) is 32.7 Å². The molecular formula is C16H27Cl2IN2O. The minimum atomic E-state index is 0. The third-order valence-electron chi connectivity index (χ3n) is 4.00. The fraction of sp³-hybridized carbons (Fsp3) is 0.625. The quantitative estimate of drug-likeness (QED) is 0.648. The molecule has 0 unspecified atom stereocenters. The first-order valence-corrected chi connectivity index (χ1v) is 8.53. The summed E-state index contributed by atoms with van der Waals surface area (Å²) in [6, 6.07) is 4.10. The highest BCUT2D eigenvalue weighted by Crippen LogP contribution is 2.25. The number of halogens is 3. The maximum atomic E-state index is 10.1. The highest BCUT2D eigenvalue weighted by Gasteiger charge is 2.12. The van der Waals surface area contributed by atoms with E-state index in [4.69, 9.17) is 0 Å². The van der Waals surface area contributed by atoms with Crippen LogP contribution in [0.2, 0.25) is 0 Å². The van der Waals surface area contributed by atoms with E-state index in [9.17, 15) is 5.11 Å². The number of hydrogen-bond donors (Lipinski definition) is 1. The van der Waals surface area contributed by atoms with Crippen LogP contribution >= 0.6 is 47.4 Å². The van der Waals surface area contributed by atoms with Gasteiger partial charge in [-0.05, 0) is 99.7 Å². The third-order valence-corrected chi connectivity index (χ3v) is 4.62. The van der Waals surface area contributed by atoms with Crippen LogP contribution in [0.15, 0.2) is 12.1 Å². The van der Waals surface area contributed by atoms with Crippen LogP contribution in [0, 0.1) is 10.5 Å². The van der Waals surface area contributed by atoms with E-state index in [1.165, 1.54) is 42.5 Å². The number of likely N-dealkylation sites (tertiary alicyclic amines) is 1. The summed E-state index contributed by atoms with van der Waals surface area (Å²) in [5.41, 5.74) is 2.01. The molecule has 1 N–H and O–H groups in total. The number of hydrogen-bond acceptors (Lipinski definition) is 3. The zero-order valence-electron chi connectivity index (χ0n) is 13.3. The Hall–Kier alpha value is 0.250. The Labute approximate surface area is 160 Å². The Morgan fingerprint density at radius 2 is 1.86 bits per heavy atom. The lowest BCUT2D eigenvalue weighted by molar-refractivity contribution is 0.272. The van der Waals surface area contributed by atoms with Crippen LogP contribution in [-0.2, 0) is 6.54 Å². The summed E-state index contributed by atoms with van der Waals surface area (Å²) in [5, 5.41) is 10.1. The Morgan fingerprint density at radius 1 is 1.23 bits per heavy atom. The summed E-state index contributed by atoms with van der Waals surface area (Å²) >= 11 is 2.31. The van der Waals surface area contributed by atoms with Gasteiger partial charge in [0.15, 0.2) is 0 Å². The van der Waals surface area contributed by atoms with Gasteiger partial charge >= 0.3 is 0 Å². The normalized spacial score (nSPS) is 14.7. The Balaban J connectivity index is 0.00000220. The summed E-state index contributed by atoms with van der Waals surface area (Å²) in [4.78, 5) is 4.86. The zero-order valence-corrected chi connectivity index (χ0v) is 17.1. The number of benzene rings is 1. The average Bonchev–Trinajstić information content (AvgIpc) is 2.88. The van der Waals surface area contributed by atoms with E-state index in [-0.39, 0.29) is 24.8 Å². The highest BCUT2D eigenvalue weighted by molar-refractivity contribution is 14.1. The van der Waals surface area contributed by atoms with Crippen LogP contribution in [0.4, 0.5) is 0 Å². The first-order chi connectivity index (χ1) is 9.56. The van der Waals surface area contributed by atoms with Gasteiger partial charge in [-0.15, -0.1) is 24.8 Å². The van der Waals surface area contributed by atoms with Crippen molar-refractivity contribution < 1.29 is 5.11 Å². The van der Waals surface area contributed by atoms with Crippen molar-refractivity contribution >= 4 is 47.4 Å². The second-order valence-electron chi connectivity index (χ2n) is 5.87. The molecule has 1 aromatic rings. The van der Waals surface area contributed by atoms with E-state index in [1.807, 2.05) is 13.0 Å². The summed E-state index contributed by atoms with van der Waals surface area (Å²) in [5.74, 6) is 0.455. The molecule has 1 heterocycles. The van der Waals surface area contributed by atoms with E-state index < -0.39 is 0 Å². The van der Waals surface area contributed by atoms with Gasteiger partial charge in [0.1, 0.15) is 5.75 Å². The van der Waals surface area contributed by atoms with Crippen molar-refractivity contribution in [2.75, 3.05) is 33.2 Å². The molecular weight excluding hydrogens is 434 g/mol. The first-order valence-electron chi connectivity index (χ1n) is 7.45. The lowest BCUT2D eigenvalue weighted by Gasteiger charge is -2.20. The minimum Gasteiger partial charge on any atom is -0.507 e. The summed E-state index contributed by atoms with van der Waals surface area (Å²) in [6.45, 7) is 7.64. The van der Waals surface area contributed by atoms with Crippen molar-refractivity contribution in [3.8, 4) is 5.75 Å². The van der Waals surface area contributed by atoms with Crippen molar-refractivity contribution in [3.05, 3.63) is 26.8 Å². The molecule has 2 rings (SSSR count). The first kappa shape index (κ1) is 22.2. The molecule has 1 aliphatic heterocycles. The predicted molar refractivity (Wildman–Crippen MR) is 107 cm³/mol. The maximum absolute atomic E-state index is 10.1. The van der Waals surface area contributed by atoms with Gasteiger partial charge in [-0.3, -0.25) is 0 Å². The smallest absolute Gasteiger partial charge is 0.123 e. The maximum Gasteiger partial charge on any atom is 0.123 e. The molecule has 6 heteroatoms. The fourth-order valence-electron chi connectivity index (χ4n) is 2.87. The standard InChI is InChI=1S/C16H25IN2O.2ClH/c1-13-10-15(17)11-14(16(13)20)12-18(2)6-5-9-19-7-3-4-8-19;;/h10-11,20H,3-9,12H2,1-2H3;2*1H. The van der Waals surface area contributed by atoms with Gasteiger partial charge in [0, 0.05) is 15.7 Å². The van der Waals surface area contributed by atoms with Gasteiger partial charge in [0.05, 0.1) is 0 Å². The van der Waals surface area contributed by atoms with Gasteiger partial charge in [-0.1, -0.05) is 0 Å². The largest absolute Gasteiger partial charge is 0.507 e. The molecule has 0 aliphatic carbocycles. The third kappa shape index (κ3) is 6.79. The Morgan fingerprint density at radius 3 is 2.50 bits per heavy atom. The molecule has 0 radical (unpaired) electrons. The van der Waals surface area contributed by atoms with Gasteiger partial charge in [-0.25, -0.2) is 0 Å². The molecule has 1 aromatic carbocycles. The van der Waals surface area contributed by atoms with Gasteiger partial charge in [0.2, 0.25) is 0 Å². The van der Waals surface area contributed by atoms with E-state index in [2.05, 4.69) is 45.5 Å². The van der Waals surface area contributed by atoms with Gasteiger partial charge in [-0.2, -0.15) is 0 Å². The lowest BCUT2D eigenvalue weighted by Crippen LogP contribution is -2.26. The van der Waals surface area contributed by atoms with Crippen molar-refractivity contribution in [3.63, 3.8) is 0 Å². The number of aryl methyl sites for hydroxylation is 1. The monoisotopic (exact) mass is 460 g/mol. The van der Waals surface area contributed by atoms with E-state index in [0.29, 0.717) is 5.75 Å². The van der Waals surface area contributed by atoms with Crippen molar-refractivity contribution in [2.24, 2.45) is 0 Å². The molecule has 1 aliphatic rings. The van der Waals surface area contributed by atoms with Crippen LogP contribution in [0.25, 0.3) is 0 Å². The van der Waals surface area contributed by atoms with Crippen LogP contribution in [-0.4, -0.2) is 48.1 Å². The van der Waals surface area contributed by atoms with Crippen molar-refractivity contribution in [1.29, 1.82) is 0 Å². The SMILES string of the molecule is Cc1cc(I)cc(CN(C)CCCN2CCCC2)c1O.Cl.Cl. The molecule has 0 spiro atoms. The Bertz CT molecular complexity index is 454. The Kier molecular flexibility index (Phi) is 11.0. The zero-order chi connectivity index (χ0) is 14.5. The van der Waals surface area contributed by atoms with E-state index >= 15 is 0 Å². The van der Waals surface area contributed by atoms with E-state index in [1.54, 1.807) is 0 Å². The molecule has 0 aromatic heterocycles. The van der Waals surface area contributed by atoms with E-state index in [0.717, 1.165) is 24.2 Å². The molecule has 0 atom stereocenters. The highest BCUT2D eigenvalue weighted by atomic mass is 127. The number of phenolic OH excluding ortho intramolecular Hbond substituents is 1. The summed E-state index contributed by atoms with van der Waals surface area (Å²) in [7, 11) is 2.14. The van der Waals surface area contributed by atoms with Crippen LogP contribution in [0.1, 0.15) is 30.4 Å². The summed E-state index contributed by atoms with van der Waals surface area (Å²) < 4.78 is 1.19. The van der Waals surface area contributed by atoms with Gasteiger partial charge < -0.3 is 14.9 Å². The molecule has 0 saturated carbocycles. The van der Waals surface area contributed by atoms with Gasteiger partial charge in [0.25, 0.3) is 0 Å². The number of aromatic hydroxyl groups is 1. The molecule has 1 fully saturated rings. The average molecular weight is 461 g/mol. The molecule has 0 bridgehead atoms. The molecule has 1 saturated heterocycles. The number of nitrogens with zero attached hydrogens (tertiary/aromatic N) is 2. The summed E-state index contributed by atoms with van der Waals surface area (Å²) in [6.07, 6.45) is 3.94. The molecule has 128 valence electrons. The molecule has 0 amide bonds. The number of rotatable bonds is 6. The lowest BCUT2D eigenvalue weighted by atomic mass is 10.1. The van der Waals surface area contributed by atoms with Crippen LogP contribution < -0.4 is 0 Å². The fourth-order valence-corrected chi connectivity index (χ4v) is 3.71. The number of phenols is 1. The molecule has 3 nitrogen and oxygen atoms in total.